The highest BCUT2D eigenvalue weighted by Crippen LogP contribution is 2.16. The quantitative estimate of drug-likeness (QED) is 0.624. The number of hydrogen-bond acceptors (Lipinski definition) is 4. The van der Waals surface area contributed by atoms with Crippen LogP contribution >= 0.6 is 0 Å². The zero-order valence-corrected chi connectivity index (χ0v) is 9.97. The second-order valence-electron chi connectivity index (χ2n) is 3.77. The van der Waals surface area contributed by atoms with Crippen LogP contribution in [0.25, 0.3) is 0 Å². The van der Waals surface area contributed by atoms with E-state index in [4.69, 9.17) is 5.11 Å². The first-order chi connectivity index (χ1) is 8.08. The van der Waals surface area contributed by atoms with E-state index in [-0.39, 0.29) is 11.5 Å². The van der Waals surface area contributed by atoms with Gasteiger partial charge in [-0.05, 0) is 24.1 Å². The van der Waals surface area contributed by atoms with E-state index in [1.165, 1.54) is 19.2 Å². The van der Waals surface area contributed by atoms with Crippen molar-refractivity contribution >= 4 is 11.8 Å². The lowest BCUT2D eigenvalue weighted by atomic mass is 9.94. The number of ketones is 1. The number of carbonyl (C=O) groups excluding carboxylic acids is 2. The van der Waals surface area contributed by atoms with Crippen LogP contribution in [-0.4, -0.2) is 24.0 Å². The summed E-state index contributed by atoms with van der Waals surface area (Å²) in [6.07, 6.45) is 0.609. The van der Waals surface area contributed by atoms with Gasteiger partial charge in [-0.2, -0.15) is 0 Å². The van der Waals surface area contributed by atoms with Crippen molar-refractivity contribution in [2.75, 3.05) is 7.11 Å². The van der Waals surface area contributed by atoms with Gasteiger partial charge < -0.3 is 9.84 Å². The molecule has 0 spiro atoms. The molecule has 1 atom stereocenters. The van der Waals surface area contributed by atoms with Crippen molar-refractivity contribution in [3.8, 4) is 5.75 Å². The second kappa shape index (κ2) is 6.03. The maximum atomic E-state index is 11.6. The molecule has 17 heavy (non-hydrogen) atoms. The molecule has 0 aliphatic heterocycles. The lowest BCUT2D eigenvalue weighted by molar-refractivity contribution is -0.149. The van der Waals surface area contributed by atoms with E-state index in [1.807, 2.05) is 0 Å². The zero-order chi connectivity index (χ0) is 12.8. The molecule has 0 bridgehead atoms. The van der Waals surface area contributed by atoms with E-state index >= 15 is 0 Å². The lowest BCUT2D eigenvalue weighted by Gasteiger charge is -2.12. The van der Waals surface area contributed by atoms with E-state index in [9.17, 15) is 9.59 Å². The normalized spacial score (nSPS) is 11.9. The highest BCUT2D eigenvalue weighted by atomic mass is 16.5. The van der Waals surface area contributed by atoms with Gasteiger partial charge in [0.25, 0.3) is 0 Å². The fraction of sp³-hybridized carbons (Fsp3) is 0.385. The SMILES string of the molecule is CCC(=O)C(Cc1ccc(O)cc1)C(=O)OC. The molecule has 1 N–H and O–H groups in total. The number of benzene rings is 1. The molecule has 4 nitrogen and oxygen atoms in total. The summed E-state index contributed by atoms with van der Waals surface area (Å²) in [4.78, 5) is 23.1. The molecule has 0 heterocycles. The van der Waals surface area contributed by atoms with E-state index in [2.05, 4.69) is 4.74 Å². The number of hydrogen-bond donors (Lipinski definition) is 1. The summed E-state index contributed by atoms with van der Waals surface area (Å²) in [5.74, 6) is -1.24. The molecule has 0 aliphatic carbocycles. The Labute approximate surface area is 100 Å². The smallest absolute Gasteiger partial charge is 0.316 e. The molecule has 1 aromatic rings. The minimum atomic E-state index is -0.755. The number of methoxy groups -OCH3 is 1. The van der Waals surface area contributed by atoms with Crippen LogP contribution in [0, 0.1) is 5.92 Å². The Morgan fingerprint density at radius 1 is 1.29 bits per heavy atom. The number of aromatic hydroxyl groups is 1. The van der Waals surface area contributed by atoms with Gasteiger partial charge in [0.15, 0.2) is 0 Å². The topological polar surface area (TPSA) is 63.6 Å². The van der Waals surface area contributed by atoms with Gasteiger partial charge in [0, 0.05) is 6.42 Å². The van der Waals surface area contributed by atoms with Crippen molar-refractivity contribution in [3.05, 3.63) is 29.8 Å². The first kappa shape index (κ1) is 13.2. The van der Waals surface area contributed by atoms with Gasteiger partial charge in [0.2, 0.25) is 0 Å². The van der Waals surface area contributed by atoms with Gasteiger partial charge in [-0.25, -0.2) is 0 Å². The molecule has 0 fully saturated rings. The molecule has 0 saturated heterocycles. The first-order valence-electron chi connectivity index (χ1n) is 5.47. The van der Waals surface area contributed by atoms with Crippen LogP contribution in [-0.2, 0) is 20.7 Å². The van der Waals surface area contributed by atoms with Crippen LogP contribution in [0.4, 0.5) is 0 Å². The molecular formula is C13H16O4. The molecular weight excluding hydrogens is 220 g/mol. The monoisotopic (exact) mass is 236 g/mol. The van der Waals surface area contributed by atoms with Gasteiger partial charge >= 0.3 is 5.97 Å². The summed E-state index contributed by atoms with van der Waals surface area (Å²) in [5, 5.41) is 9.14. The number of phenolic OH excluding ortho intramolecular Hbond substituents is 1. The third kappa shape index (κ3) is 3.59. The Morgan fingerprint density at radius 3 is 2.35 bits per heavy atom. The third-order valence-corrected chi connectivity index (χ3v) is 2.60. The standard InChI is InChI=1S/C13H16O4/c1-3-12(15)11(13(16)17-2)8-9-4-6-10(14)7-5-9/h4-7,11,14H,3,8H2,1-2H3. The third-order valence-electron chi connectivity index (χ3n) is 2.60. The van der Waals surface area contributed by atoms with Gasteiger partial charge in [0.1, 0.15) is 17.5 Å². The van der Waals surface area contributed by atoms with Crippen molar-refractivity contribution in [1.82, 2.24) is 0 Å². The van der Waals surface area contributed by atoms with Gasteiger partial charge in [-0.1, -0.05) is 19.1 Å². The Kier molecular flexibility index (Phi) is 4.69. The number of carbonyl (C=O) groups is 2. The maximum Gasteiger partial charge on any atom is 0.316 e. The summed E-state index contributed by atoms with van der Waals surface area (Å²) in [7, 11) is 1.27. The van der Waals surface area contributed by atoms with Crippen molar-refractivity contribution in [2.24, 2.45) is 5.92 Å². The van der Waals surface area contributed by atoms with E-state index in [0.717, 1.165) is 5.56 Å². The van der Waals surface area contributed by atoms with E-state index in [0.29, 0.717) is 12.8 Å². The van der Waals surface area contributed by atoms with Crippen LogP contribution in [0.5, 0.6) is 5.75 Å². The molecule has 0 radical (unpaired) electrons. The summed E-state index contributed by atoms with van der Waals surface area (Å²) in [6, 6.07) is 6.43. The average molecular weight is 236 g/mol. The molecule has 0 amide bonds. The fourth-order valence-corrected chi connectivity index (χ4v) is 1.59. The summed E-state index contributed by atoms with van der Waals surface area (Å²) >= 11 is 0. The zero-order valence-electron chi connectivity index (χ0n) is 9.97. The van der Waals surface area contributed by atoms with Crippen LogP contribution in [0.2, 0.25) is 0 Å². The number of rotatable bonds is 5. The number of esters is 1. The minimum absolute atomic E-state index is 0.134. The Hall–Kier alpha value is -1.84. The molecule has 1 aromatic carbocycles. The van der Waals surface area contributed by atoms with E-state index in [1.54, 1.807) is 19.1 Å². The van der Waals surface area contributed by atoms with Gasteiger partial charge in [-0.3, -0.25) is 9.59 Å². The van der Waals surface area contributed by atoms with E-state index < -0.39 is 11.9 Å². The molecule has 0 aromatic heterocycles. The van der Waals surface area contributed by atoms with Crippen molar-refractivity contribution < 1.29 is 19.4 Å². The van der Waals surface area contributed by atoms with Crippen LogP contribution in [0.15, 0.2) is 24.3 Å². The number of ether oxygens (including phenoxy) is 1. The largest absolute Gasteiger partial charge is 0.508 e. The van der Waals surface area contributed by atoms with Crippen molar-refractivity contribution in [1.29, 1.82) is 0 Å². The van der Waals surface area contributed by atoms with Crippen LogP contribution < -0.4 is 0 Å². The molecule has 1 unspecified atom stereocenters. The average Bonchev–Trinajstić information content (AvgIpc) is 2.36. The van der Waals surface area contributed by atoms with Crippen molar-refractivity contribution in [2.45, 2.75) is 19.8 Å². The maximum absolute atomic E-state index is 11.6. The Bertz CT molecular complexity index is 378. The molecule has 4 heteroatoms. The summed E-state index contributed by atoms with van der Waals surface area (Å²) in [5.41, 5.74) is 0.819. The first-order valence-corrected chi connectivity index (χ1v) is 5.47. The summed E-state index contributed by atoms with van der Waals surface area (Å²) < 4.78 is 4.62. The molecule has 92 valence electrons. The highest BCUT2D eigenvalue weighted by molar-refractivity contribution is 5.99. The predicted molar refractivity (Wildman–Crippen MR) is 62.6 cm³/mol. The van der Waals surface area contributed by atoms with Crippen LogP contribution in [0.1, 0.15) is 18.9 Å². The number of phenols is 1. The molecule has 1 rings (SSSR count). The number of Topliss-reactive ketones (excluding diaryl/α,β-unsaturated/α-hetero) is 1. The minimum Gasteiger partial charge on any atom is -0.508 e. The Morgan fingerprint density at radius 2 is 1.88 bits per heavy atom. The lowest BCUT2D eigenvalue weighted by Crippen LogP contribution is -2.26. The second-order valence-corrected chi connectivity index (χ2v) is 3.77. The highest BCUT2D eigenvalue weighted by Gasteiger charge is 2.26. The van der Waals surface area contributed by atoms with Gasteiger partial charge in [0.05, 0.1) is 7.11 Å². The molecule has 0 saturated carbocycles. The van der Waals surface area contributed by atoms with Crippen molar-refractivity contribution in [3.63, 3.8) is 0 Å². The fourth-order valence-electron chi connectivity index (χ4n) is 1.59. The Balaban J connectivity index is 2.82. The molecule has 0 aliphatic rings. The van der Waals surface area contributed by atoms with Gasteiger partial charge in [-0.15, -0.1) is 0 Å². The van der Waals surface area contributed by atoms with Crippen LogP contribution in [0.3, 0.4) is 0 Å². The predicted octanol–water partition coefficient (Wildman–Crippen LogP) is 1.70. The summed E-state index contributed by atoms with van der Waals surface area (Å²) in [6.45, 7) is 1.72.